The molecule has 0 saturated carbocycles. The zero-order chi connectivity index (χ0) is 11.5. The molecule has 0 atom stereocenters. The van der Waals surface area contributed by atoms with Gasteiger partial charge < -0.3 is 18.9 Å². The Kier molecular flexibility index (Phi) is 3.68. The standard InChI is InChI=1S/C11H13BrO4/c1-13-8-4-3-7(12)10(14-2)9(8)11-15-5-6-16-11/h3-4,11H,5-6H2,1-2H3. The van der Waals surface area contributed by atoms with Crippen LogP contribution < -0.4 is 9.47 Å². The SMILES string of the molecule is COc1ccc(Br)c(OC)c1C1OCCO1. The van der Waals surface area contributed by atoms with Crippen LogP contribution in [-0.4, -0.2) is 27.4 Å². The number of hydrogen-bond donors (Lipinski definition) is 0. The minimum Gasteiger partial charge on any atom is -0.496 e. The van der Waals surface area contributed by atoms with E-state index in [0.29, 0.717) is 24.7 Å². The Morgan fingerprint density at radius 3 is 2.44 bits per heavy atom. The Bertz CT molecular complexity index is 374. The van der Waals surface area contributed by atoms with Gasteiger partial charge in [-0.3, -0.25) is 0 Å². The predicted molar refractivity (Wildman–Crippen MR) is 61.9 cm³/mol. The molecule has 88 valence electrons. The average molecular weight is 289 g/mol. The Morgan fingerprint density at radius 2 is 1.88 bits per heavy atom. The van der Waals surface area contributed by atoms with Crippen molar-refractivity contribution in [3.05, 3.63) is 22.2 Å². The molecular formula is C11H13BrO4. The third-order valence-corrected chi connectivity index (χ3v) is 3.01. The van der Waals surface area contributed by atoms with E-state index in [1.54, 1.807) is 14.2 Å². The van der Waals surface area contributed by atoms with Gasteiger partial charge in [0.15, 0.2) is 6.29 Å². The third-order valence-electron chi connectivity index (χ3n) is 2.39. The van der Waals surface area contributed by atoms with Crippen LogP contribution in [0.25, 0.3) is 0 Å². The van der Waals surface area contributed by atoms with E-state index in [9.17, 15) is 0 Å². The number of benzene rings is 1. The summed E-state index contributed by atoms with van der Waals surface area (Å²) in [5.74, 6) is 1.39. The van der Waals surface area contributed by atoms with Crippen LogP contribution in [0.4, 0.5) is 0 Å². The molecule has 0 aromatic heterocycles. The first-order chi connectivity index (χ1) is 7.77. The summed E-state index contributed by atoms with van der Waals surface area (Å²) in [6, 6.07) is 3.73. The molecular weight excluding hydrogens is 276 g/mol. The van der Waals surface area contributed by atoms with Gasteiger partial charge in [0.1, 0.15) is 11.5 Å². The number of methoxy groups -OCH3 is 2. The molecule has 0 amide bonds. The minimum atomic E-state index is -0.414. The summed E-state index contributed by atoms with van der Waals surface area (Å²) in [7, 11) is 3.22. The molecule has 16 heavy (non-hydrogen) atoms. The van der Waals surface area contributed by atoms with Crippen molar-refractivity contribution in [1.29, 1.82) is 0 Å². The van der Waals surface area contributed by atoms with Crippen LogP contribution >= 0.6 is 15.9 Å². The lowest BCUT2D eigenvalue weighted by molar-refractivity contribution is -0.0469. The lowest BCUT2D eigenvalue weighted by Crippen LogP contribution is -2.04. The van der Waals surface area contributed by atoms with E-state index in [2.05, 4.69) is 15.9 Å². The molecule has 2 rings (SSSR count). The van der Waals surface area contributed by atoms with Gasteiger partial charge in [0, 0.05) is 0 Å². The van der Waals surface area contributed by atoms with Gasteiger partial charge in [-0.15, -0.1) is 0 Å². The topological polar surface area (TPSA) is 36.9 Å². The largest absolute Gasteiger partial charge is 0.496 e. The smallest absolute Gasteiger partial charge is 0.191 e. The third kappa shape index (κ3) is 2.03. The molecule has 1 heterocycles. The second kappa shape index (κ2) is 5.03. The van der Waals surface area contributed by atoms with Crippen molar-refractivity contribution in [3.63, 3.8) is 0 Å². The van der Waals surface area contributed by atoms with Gasteiger partial charge in [-0.25, -0.2) is 0 Å². The maximum atomic E-state index is 5.48. The van der Waals surface area contributed by atoms with Crippen LogP contribution in [0.1, 0.15) is 11.9 Å². The normalized spacial score (nSPS) is 16.4. The van der Waals surface area contributed by atoms with Gasteiger partial charge in [0.2, 0.25) is 0 Å². The highest BCUT2D eigenvalue weighted by Crippen LogP contribution is 2.42. The van der Waals surface area contributed by atoms with Crippen LogP contribution in [0.5, 0.6) is 11.5 Å². The Morgan fingerprint density at radius 1 is 1.19 bits per heavy atom. The summed E-state index contributed by atoms with van der Waals surface area (Å²) in [5, 5.41) is 0. The van der Waals surface area contributed by atoms with E-state index in [0.717, 1.165) is 10.0 Å². The molecule has 0 N–H and O–H groups in total. The Balaban J connectivity index is 2.48. The van der Waals surface area contributed by atoms with Crippen molar-refractivity contribution in [2.75, 3.05) is 27.4 Å². The molecule has 0 aliphatic carbocycles. The van der Waals surface area contributed by atoms with Crippen molar-refractivity contribution < 1.29 is 18.9 Å². The Hall–Kier alpha value is -0.780. The van der Waals surface area contributed by atoms with Crippen LogP contribution in [0.3, 0.4) is 0 Å². The molecule has 4 nitrogen and oxygen atoms in total. The molecule has 1 fully saturated rings. The maximum absolute atomic E-state index is 5.48. The van der Waals surface area contributed by atoms with Crippen molar-refractivity contribution in [2.24, 2.45) is 0 Å². The molecule has 1 aliphatic rings. The molecule has 5 heteroatoms. The van der Waals surface area contributed by atoms with Crippen molar-refractivity contribution in [3.8, 4) is 11.5 Å². The first-order valence-electron chi connectivity index (χ1n) is 4.91. The molecule has 0 radical (unpaired) electrons. The van der Waals surface area contributed by atoms with E-state index < -0.39 is 6.29 Å². The van der Waals surface area contributed by atoms with Crippen molar-refractivity contribution >= 4 is 15.9 Å². The fourth-order valence-electron chi connectivity index (χ4n) is 1.69. The number of ether oxygens (including phenoxy) is 4. The minimum absolute atomic E-state index is 0.414. The Labute approximate surface area is 103 Å². The zero-order valence-corrected chi connectivity index (χ0v) is 10.7. The molecule has 0 spiro atoms. The average Bonchev–Trinajstić information content (AvgIpc) is 2.81. The highest BCUT2D eigenvalue weighted by molar-refractivity contribution is 9.10. The van der Waals surface area contributed by atoms with Crippen LogP contribution in [0.15, 0.2) is 16.6 Å². The zero-order valence-electron chi connectivity index (χ0n) is 9.16. The van der Waals surface area contributed by atoms with Gasteiger partial charge in [-0.2, -0.15) is 0 Å². The van der Waals surface area contributed by atoms with E-state index in [1.165, 1.54) is 0 Å². The predicted octanol–water partition coefficient (Wildman–Crippen LogP) is 2.51. The van der Waals surface area contributed by atoms with Gasteiger partial charge in [0.25, 0.3) is 0 Å². The summed E-state index contributed by atoms with van der Waals surface area (Å²) >= 11 is 3.43. The summed E-state index contributed by atoms with van der Waals surface area (Å²) in [5.41, 5.74) is 0.789. The highest BCUT2D eigenvalue weighted by atomic mass is 79.9. The molecule has 1 aliphatic heterocycles. The molecule has 0 unspecified atom stereocenters. The molecule has 0 bridgehead atoms. The monoisotopic (exact) mass is 288 g/mol. The summed E-state index contributed by atoms with van der Waals surface area (Å²) < 4.78 is 22.4. The molecule has 1 aromatic rings. The number of halogens is 1. The quantitative estimate of drug-likeness (QED) is 0.856. The van der Waals surface area contributed by atoms with Crippen LogP contribution in [0, 0.1) is 0 Å². The van der Waals surface area contributed by atoms with E-state index >= 15 is 0 Å². The summed E-state index contributed by atoms with van der Waals surface area (Å²) in [4.78, 5) is 0. The van der Waals surface area contributed by atoms with Gasteiger partial charge >= 0.3 is 0 Å². The fourth-order valence-corrected chi connectivity index (χ4v) is 2.20. The second-order valence-corrected chi connectivity index (χ2v) is 4.12. The maximum Gasteiger partial charge on any atom is 0.191 e. The van der Waals surface area contributed by atoms with E-state index in [-0.39, 0.29) is 0 Å². The van der Waals surface area contributed by atoms with E-state index in [1.807, 2.05) is 12.1 Å². The fraction of sp³-hybridized carbons (Fsp3) is 0.455. The van der Waals surface area contributed by atoms with Gasteiger partial charge in [-0.1, -0.05) is 0 Å². The first-order valence-corrected chi connectivity index (χ1v) is 5.70. The van der Waals surface area contributed by atoms with Crippen molar-refractivity contribution in [2.45, 2.75) is 6.29 Å². The molecule has 1 aromatic carbocycles. The lowest BCUT2D eigenvalue weighted by Gasteiger charge is -2.18. The number of rotatable bonds is 3. The molecule has 1 saturated heterocycles. The summed E-state index contributed by atoms with van der Waals surface area (Å²) in [6.45, 7) is 1.17. The van der Waals surface area contributed by atoms with Crippen LogP contribution in [-0.2, 0) is 9.47 Å². The number of hydrogen-bond acceptors (Lipinski definition) is 4. The second-order valence-electron chi connectivity index (χ2n) is 3.27. The van der Waals surface area contributed by atoms with Gasteiger partial charge in [0.05, 0.1) is 37.5 Å². The summed E-state index contributed by atoms with van der Waals surface area (Å²) in [6.07, 6.45) is -0.414. The van der Waals surface area contributed by atoms with Crippen LogP contribution in [0.2, 0.25) is 0 Å². The lowest BCUT2D eigenvalue weighted by atomic mass is 10.1. The van der Waals surface area contributed by atoms with E-state index in [4.69, 9.17) is 18.9 Å². The highest BCUT2D eigenvalue weighted by Gasteiger charge is 2.27. The first kappa shape index (κ1) is 11.7. The van der Waals surface area contributed by atoms with Gasteiger partial charge in [-0.05, 0) is 28.1 Å². The van der Waals surface area contributed by atoms with Crippen molar-refractivity contribution in [1.82, 2.24) is 0 Å².